The molecule has 8 nitrogen and oxygen atoms in total. The largest absolute Gasteiger partial charge is 0.478 e. The van der Waals surface area contributed by atoms with Crippen LogP contribution in [0.5, 0.6) is 0 Å². The summed E-state index contributed by atoms with van der Waals surface area (Å²) in [5.41, 5.74) is 4.49. The number of nitro groups is 1. The molecule has 96 valence electrons. The van der Waals surface area contributed by atoms with E-state index in [9.17, 15) is 19.7 Å². The molecular weight excluding hydrogens is 242 g/mol. The van der Waals surface area contributed by atoms with Crippen molar-refractivity contribution in [3.63, 3.8) is 0 Å². The van der Waals surface area contributed by atoms with Crippen molar-refractivity contribution < 1.29 is 19.6 Å². The lowest BCUT2D eigenvalue weighted by atomic mass is 10.1. The first-order valence-electron chi connectivity index (χ1n) is 4.91. The van der Waals surface area contributed by atoms with Crippen LogP contribution in [0.15, 0.2) is 18.2 Å². The number of rotatable bonds is 4. The lowest BCUT2D eigenvalue weighted by molar-refractivity contribution is -0.384. The van der Waals surface area contributed by atoms with Crippen LogP contribution >= 0.6 is 0 Å². The summed E-state index contributed by atoms with van der Waals surface area (Å²) in [7, 11) is 0. The van der Waals surface area contributed by atoms with Gasteiger partial charge < -0.3 is 16.2 Å². The highest BCUT2D eigenvalue weighted by molar-refractivity contribution is 5.97. The predicted molar refractivity (Wildman–Crippen MR) is 62.3 cm³/mol. The van der Waals surface area contributed by atoms with Crippen molar-refractivity contribution in [3.05, 3.63) is 33.9 Å². The number of aromatic carboxylic acids is 1. The average molecular weight is 253 g/mol. The molecule has 0 saturated carbocycles. The van der Waals surface area contributed by atoms with Gasteiger partial charge in [0.25, 0.3) is 5.69 Å². The lowest BCUT2D eigenvalue weighted by Gasteiger charge is -2.08. The summed E-state index contributed by atoms with van der Waals surface area (Å²) in [5.74, 6) is -1.88. The van der Waals surface area contributed by atoms with Crippen LogP contribution < -0.4 is 11.1 Å². The number of anilines is 1. The molecule has 0 heterocycles. The SMILES string of the molecule is CC(N)C(=O)Nc1ccc(C(=O)O)cc1[N+](=O)[O-]. The van der Waals surface area contributed by atoms with Crippen molar-refractivity contribution in [2.45, 2.75) is 13.0 Å². The molecule has 0 bridgehead atoms. The number of benzene rings is 1. The summed E-state index contributed by atoms with van der Waals surface area (Å²) in [6, 6.07) is 2.36. The first-order valence-corrected chi connectivity index (χ1v) is 4.91. The molecule has 0 fully saturated rings. The van der Waals surface area contributed by atoms with Crippen molar-refractivity contribution in [2.24, 2.45) is 5.73 Å². The predicted octanol–water partition coefficient (Wildman–Crippen LogP) is 0.579. The second-order valence-electron chi connectivity index (χ2n) is 3.57. The third-order valence-corrected chi connectivity index (χ3v) is 2.11. The van der Waals surface area contributed by atoms with Crippen molar-refractivity contribution in [1.29, 1.82) is 0 Å². The topological polar surface area (TPSA) is 136 Å². The average Bonchev–Trinajstić information content (AvgIpc) is 2.28. The number of hydrogen-bond acceptors (Lipinski definition) is 5. The van der Waals surface area contributed by atoms with Gasteiger partial charge >= 0.3 is 5.97 Å². The summed E-state index contributed by atoms with van der Waals surface area (Å²) in [6.45, 7) is 1.42. The minimum absolute atomic E-state index is 0.0905. The summed E-state index contributed by atoms with van der Waals surface area (Å²) in [6.07, 6.45) is 0. The standard InChI is InChI=1S/C10H11N3O5/c1-5(11)9(14)12-7-3-2-6(10(15)16)4-8(7)13(17)18/h2-5H,11H2,1H3,(H,12,14)(H,15,16). The fourth-order valence-corrected chi connectivity index (χ4v) is 1.17. The van der Waals surface area contributed by atoms with Crippen LogP contribution in [-0.2, 0) is 4.79 Å². The maximum Gasteiger partial charge on any atom is 0.335 e. The van der Waals surface area contributed by atoms with Gasteiger partial charge in [-0.05, 0) is 19.1 Å². The molecule has 0 radical (unpaired) electrons. The molecule has 0 saturated heterocycles. The number of hydrogen-bond donors (Lipinski definition) is 3. The first kappa shape index (κ1) is 13.6. The van der Waals surface area contributed by atoms with Gasteiger partial charge in [0, 0.05) is 6.07 Å². The van der Waals surface area contributed by atoms with Gasteiger partial charge in [-0.3, -0.25) is 14.9 Å². The molecule has 0 spiro atoms. The Morgan fingerprint density at radius 2 is 2.11 bits per heavy atom. The van der Waals surface area contributed by atoms with Gasteiger partial charge in [0.05, 0.1) is 16.5 Å². The van der Waals surface area contributed by atoms with Crippen LogP contribution in [0.1, 0.15) is 17.3 Å². The number of carboxylic acid groups (broad SMARTS) is 1. The normalized spacial score (nSPS) is 11.7. The number of carbonyl (C=O) groups is 2. The van der Waals surface area contributed by atoms with Gasteiger partial charge in [0.15, 0.2) is 0 Å². The second-order valence-corrected chi connectivity index (χ2v) is 3.57. The molecule has 4 N–H and O–H groups in total. The van der Waals surface area contributed by atoms with E-state index in [-0.39, 0.29) is 11.3 Å². The number of nitrogens with one attached hydrogen (secondary N) is 1. The van der Waals surface area contributed by atoms with Crippen molar-refractivity contribution >= 4 is 23.3 Å². The Morgan fingerprint density at radius 1 is 1.50 bits per heavy atom. The van der Waals surface area contributed by atoms with E-state index >= 15 is 0 Å². The molecule has 18 heavy (non-hydrogen) atoms. The highest BCUT2D eigenvalue weighted by Gasteiger charge is 2.19. The summed E-state index contributed by atoms with van der Waals surface area (Å²) in [4.78, 5) is 32.0. The molecule has 1 amide bonds. The van der Waals surface area contributed by atoms with E-state index in [0.29, 0.717) is 0 Å². The number of nitrogens with zero attached hydrogens (tertiary/aromatic N) is 1. The zero-order chi connectivity index (χ0) is 13.9. The first-order chi connectivity index (χ1) is 8.32. The molecule has 0 aliphatic heterocycles. The highest BCUT2D eigenvalue weighted by Crippen LogP contribution is 2.25. The van der Waals surface area contributed by atoms with Crippen molar-refractivity contribution in [1.82, 2.24) is 0 Å². The smallest absolute Gasteiger partial charge is 0.335 e. The third kappa shape index (κ3) is 3.01. The van der Waals surface area contributed by atoms with Gasteiger partial charge in [-0.2, -0.15) is 0 Å². The molecular formula is C10H11N3O5. The molecule has 8 heteroatoms. The van der Waals surface area contributed by atoms with Crippen LogP contribution in [-0.4, -0.2) is 27.9 Å². The molecule has 0 aliphatic carbocycles. The van der Waals surface area contributed by atoms with E-state index in [1.807, 2.05) is 0 Å². The Balaban J connectivity index is 3.16. The number of amides is 1. The molecule has 1 atom stereocenters. The van der Waals surface area contributed by atoms with Gasteiger partial charge in [-0.25, -0.2) is 4.79 Å². The van der Waals surface area contributed by atoms with Gasteiger partial charge in [0.1, 0.15) is 5.69 Å². The van der Waals surface area contributed by atoms with Crippen LogP contribution in [0.3, 0.4) is 0 Å². The molecule has 1 unspecified atom stereocenters. The van der Waals surface area contributed by atoms with Gasteiger partial charge in [-0.1, -0.05) is 0 Å². The highest BCUT2D eigenvalue weighted by atomic mass is 16.6. The van der Waals surface area contributed by atoms with E-state index in [1.165, 1.54) is 6.92 Å². The Morgan fingerprint density at radius 3 is 2.56 bits per heavy atom. The number of nitrogens with two attached hydrogens (primary N) is 1. The summed E-state index contributed by atoms with van der Waals surface area (Å²) < 4.78 is 0. The Kier molecular flexibility index (Phi) is 3.95. The molecule has 1 rings (SSSR count). The fourth-order valence-electron chi connectivity index (χ4n) is 1.17. The third-order valence-electron chi connectivity index (χ3n) is 2.11. The van der Waals surface area contributed by atoms with Crippen LogP contribution in [0, 0.1) is 10.1 Å². The zero-order valence-electron chi connectivity index (χ0n) is 9.41. The van der Waals surface area contributed by atoms with Crippen molar-refractivity contribution in [2.75, 3.05) is 5.32 Å². The molecule has 1 aromatic rings. The van der Waals surface area contributed by atoms with Crippen molar-refractivity contribution in [3.8, 4) is 0 Å². The van der Waals surface area contributed by atoms with Gasteiger partial charge in [0.2, 0.25) is 5.91 Å². The maximum absolute atomic E-state index is 11.3. The maximum atomic E-state index is 11.3. The summed E-state index contributed by atoms with van der Waals surface area (Å²) >= 11 is 0. The number of carbonyl (C=O) groups excluding carboxylic acids is 1. The van der Waals surface area contributed by atoms with E-state index < -0.39 is 28.5 Å². The fraction of sp³-hybridized carbons (Fsp3) is 0.200. The molecule has 1 aromatic carbocycles. The Bertz CT molecular complexity index is 512. The van der Waals surface area contributed by atoms with E-state index in [2.05, 4.69) is 5.32 Å². The second kappa shape index (κ2) is 5.23. The number of nitro benzene ring substituents is 1. The van der Waals surface area contributed by atoms with E-state index in [4.69, 9.17) is 10.8 Å². The number of carboxylic acids is 1. The zero-order valence-corrected chi connectivity index (χ0v) is 9.41. The van der Waals surface area contributed by atoms with E-state index in [0.717, 1.165) is 18.2 Å². The van der Waals surface area contributed by atoms with Gasteiger partial charge in [-0.15, -0.1) is 0 Å². The van der Waals surface area contributed by atoms with Crippen LogP contribution in [0.2, 0.25) is 0 Å². The minimum Gasteiger partial charge on any atom is -0.478 e. The van der Waals surface area contributed by atoms with Crippen LogP contribution in [0.4, 0.5) is 11.4 Å². The Labute approximate surface area is 102 Å². The summed E-state index contributed by atoms with van der Waals surface area (Å²) in [5, 5.41) is 21.8. The van der Waals surface area contributed by atoms with Crippen LogP contribution in [0.25, 0.3) is 0 Å². The molecule has 0 aliphatic rings. The lowest BCUT2D eigenvalue weighted by Crippen LogP contribution is -2.32. The molecule has 0 aromatic heterocycles. The Hall–Kier alpha value is -2.48. The van der Waals surface area contributed by atoms with E-state index in [1.54, 1.807) is 0 Å². The quantitative estimate of drug-likeness (QED) is 0.530. The monoisotopic (exact) mass is 253 g/mol. The minimum atomic E-state index is -1.29.